The molecule has 0 saturated carbocycles. The molecule has 5 unspecified atom stereocenters. The maximum atomic E-state index is 12.0. The number of rotatable bonds is 0. The largest absolute Gasteiger partial charge is 0.486 e. The van der Waals surface area contributed by atoms with Crippen LogP contribution < -0.4 is 0 Å². The molecule has 3 aliphatic heterocycles. The van der Waals surface area contributed by atoms with Gasteiger partial charge in [0.1, 0.15) is 18.0 Å². The van der Waals surface area contributed by atoms with E-state index >= 15 is 0 Å². The zero-order chi connectivity index (χ0) is 17.8. The van der Waals surface area contributed by atoms with Crippen LogP contribution in [0, 0.1) is 5.92 Å². The number of allylic oxidation sites excluding steroid dienone is 1. The van der Waals surface area contributed by atoms with Gasteiger partial charge in [-0.25, -0.2) is 4.79 Å². The fraction of sp³-hybridized carbons (Fsp3) is 0.571. The first-order valence-corrected chi connectivity index (χ1v) is 9.17. The van der Waals surface area contributed by atoms with Crippen LogP contribution in [0.5, 0.6) is 0 Å². The molecule has 4 aliphatic rings. The van der Waals surface area contributed by atoms with E-state index in [-0.39, 0.29) is 35.8 Å². The predicted octanol–water partition coefficient (Wildman–Crippen LogP) is 3.99. The van der Waals surface area contributed by atoms with Gasteiger partial charge in [-0.15, -0.1) is 0 Å². The standard InChI is InChI=1S/C21H26O4/c1-12-9-16-11-15(14(3)23-16)5-6-19-21(4,25-19)8-7-17-13(2)20(22)24-18(17)10-12/h10-11,16-19H,2-3,5-9H2,1,4H3/b12-10+. The Hall–Kier alpha value is -1.81. The molecular weight excluding hydrogens is 316 g/mol. The third-order valence-electron chi connectivity index (χ3n) is 6.02. The smallest absolute Gasteiger partial charge is 0.334 e. The molecule has 2 saturated heterocycles. The number of carbonyl (C=O) groups is 1. The highest BCUT2D eigenvalue weighted by atomic mass is 16.6. The van der Waals surface area contributed by atoms with Crippen molar-refractivity contribution in [2.75, 3.05) is 0 Å². The number of esters is 1. The van der Waals surface area contributed by atoms with Crippen molar-refractivity contribution in [2.45, 2.75) is 69.9 Å². The number of fused-ring (bicyclic) bond motifs is 3. The van der Waals surface area contributed by atoms with Crippen molar-refractivity contribution >= 4 is 5.97 Å². The van der Waals surface area contributed by atoms with Gasteiger partial charge in [0.25, 0.3) is 0 Å². The SMILES string of the molecule is C=C1OC2C=C1CCC1OC1(C)CCC1C(=C)C(=O)OC1/C=C(\C)C2. The minimum atomic E-state index is -0.269. The zero-order valence-corrected chi connectivity index (χ0v) is 15.0. The lowest BCUT2D eigenvalue weighted by atomic mass is 9.86. The monoisotopic (exact) mass is 342 g/mol. The first-order chi connectivity index (χ1) is 11.9. The van der Waals surface area contributed by atoms with Crippen LogP contribution >= 0.6 is 0 Å². The molecule has 5 atom stereocenters. The quantitative estimate of drug-likeness (QED) is 0.289. The predicted molar refractivity (Wildman–Crippen MR) is 94.7 cm³/mol. The van der Waals surface area contributed by atoms with Crippen LogP contribution in [0.25, 0.3) is 0 Å². The summed E-state index contributed by atoms with van der Waals surface area (Å²) in [5, 5.41) is 0. The maximum Gasteiger partial charge on any atom is 0.334 e. The topological polar surface area (TPSA) is 48.1 Å². The lowest BCUT2D eigenvalue weighted by Gasteiger charge is -2.18. The first kappa shape index (κ1) is 16.6. The van der Waals surface area contributed by atoms with E-state index in [1.165, 1.54) is 5.57 Å². The second kappa shape index (κ2) is 5.87. The highest BCUT2D eigenvalue weighted by molar-refractivity contribution is 5.91. The van der Waals surface area contributed by atoms with Crippen LogP contribution in [0.4, 0.5) is 0 Å². The van der Waals surface area contributed by atoms with Crippen LogP contribution in [-0.4, -0.2) is 29.9 Å². The maximum absolute atomic E-state index is 12.0. The number of epoxide rings is 1. The summed E-state index contributed by atoms with van der Waals surface area (Å²) in [5.74, 6) is 0.556. The van der Waals surface area contributed by atoms with Crippen LogP contribution in [0.1, 0.15) is 46.0 Å². The Labute approximate surface area is 149 Å². The van der Waals surface area contributed by atoms with Gasteiger partial charge in [0, 0.05) is 17.9 Å². The Bertz CT molecular complexity index is 701. The molecule has 0 aromatic rings. The normalized spacial score (nSPS) is 43.0. The number of hydrogen-bond acceptors (Lipinski definition) is 4. The number of carbonyl (C=O) groups excluding carboxylic acids is 1. The van der Waals surface area contributed by atoms with Gasteiger partial charge in [-0.1, -0.05) is 18.7 Å². The van der Waals surface area contributed by atoms with E-state index in [0.29, 0.717) is 5.57 Å². The molecule has 0 radical (unpaired) electrons. The van der Waals surface area contributed by atoms with Crippen molar-refractivity contribution in [2.24, 2.45) is 5.92 Å². The minimum absolute atomic E-state index is 0.0203. The molecule has 4 rings (SSSR count). The molecule has 2 bridgehead atoms. The van der Waals surface area contributed by atoms with Crippen LogP contribution in [0.2, 0.25) is 0 Å². The van der Waals surface area contributed by atoms with Crippen molar-refractivity contribution in [1.29, 1.82) is 0 Å². The summed E-state index contributed by atoms with van der Waals surface area (Å²) in [4.78, 5) is 12.0. The van der Waals surface area contributed by atoms with Crippen molar-refractivity contribution in [3.05, 3.63) is 47.8 Å². The summed E-state index contributed by atoms with van der Waals surface area (Å²) < 4.78 is 17.5. The number of ether oxygens (including phenoxy) is 3. The summed E-state index contributed by atoms with van der Waals surface area (Å²) in [5.41, 5.74) is 2.86. The Balaban J connectivity index is 1.60. The average Bonchev–Trinajstić information content (AvgIpc) is 2.93. The van der Waals surface area contributed by atoms with E-state index in [4.69, 9.17) is 14.2 Å². The third-order valence-corrected chi connectivity index (χ3v) is 6.02. The first-order valence-electron chi connectivity index (χ1n) is 9.17. The molecular formula is C21H26O4. The highest BCUT2D eigenvalue weighted by Gasteiger charge is 2.52. The Morgan fingerprint density at radius 1 is 1.20 bits per heavy atom. The summed E-state index contributed by atoms with van der Waals surface area (Å²) in [6.45, 7) is 12.2. The summed E-state index contributed by atoms with van der Waals surface area (Å²) in [6.07, 6.45) is 8.80. The highest BCUT2D eigenvalue weighted by Crippen LogP contribution is 2.46. The average molecular weight is 342 g/mol. The molecule has 0 N–H and O–H groups in total. The molecule has 0 spiro atoms. The lowest BCUT2D eigenvalue weighted by molar-refractivity contribution is -0.137. The van der Waals surface area contributed by atoms with E-state index < -0.39 is 0 Å². The molecule has 0 aromatic heterocycles. The van der Waals surface area contributed by atoms with E-state index in [9.17, 15) is 4.79 Å². The van der Waals surface area contributed by atoms with Crippen LogP contribution in [-0.2, 0) is 19.0 Å². The molecule has 4 heteroatoms. The molecule has 25 heavy (non-hydrogen) atoms. The fourth-order valence-corrected chi connectivity index (χ4v) is 4.32. The van der Waals surface area contributed by atoms with E-state index in [1.54, 1.807) is 0 Å². The van der Waals surface area contributed by atoms with E-state index in [2.05, 4.69) is 39.2 Å². The minimum Gasteiger partial charge on any atom is -0.486 e. The third kappa shape index (κ3) is 3.08. The Kier molecular flexibility index (Phi) is 3.91. The van der Waals surface area contributed by atoms with Gasteiger partial charge in [0.2, 0.25) is 0 Å². The van der Waals surface area contributed by atoms with Gasteiger partial charge in [-0.3, -0.25) is 0 Å². The summed E-state index contributed by atoms with van der Waals surface area (Å²) in [7, 11) is 0. The van der Waals surface area contributed by atoms with Crippen LogP contribution in [0.15, 0.2) is 47.8 Å². The Morgan fingerprint density at radius 3 is 2.80 bits per heavy atom. The summed E-state index contributed by atoms with van der Waals surface area (Å²) >= 11 is 0. The fourth-order valence-electron chi connectivity index (χ4n) is 4.32. The van der Waals surface area contributed by atoms with Gasteiger partial charge in [-0.2, -0.15) is 0 Å². The van der Waals surface area contributed by atoms with Gasteiger partial charge in [0.05, 0.1) is 11.7 Å². The second-order valence-electron chi connectivity index (χ2n) is 7.99. The molecule has 4 nitrogen and oxygen atoms in total. The van der Waals surface area contributed by atoms with Crippen molar-refractivity contribution < 1.29 is 19.0 Å². The summed E-state index contributed by atoms with van der Waals surface area (Å²) in [6, 6.07) is 0. The van der Waals surface area contributed by atoms with Crippen molar-refractivity contribution in [3.8, 4) is 0 Å². The molecule has 0 amide bonds. The van der Waals surface area contributed by atoms with Gasteiger partial charge in [-0.05, 0) is 57.3 Å². The van der Waals surface area contributed by atoms with Gasteiger partial charge >= 0.3 is 5.97 Å². The van der Waals surface area contributed by atoms with E-state index in [1.807, 2.05) is 0 Å². The van der Waals surface area contributed by atoms with Gasteiger partial charge in [0.15, 0.2) is 0 Å². The number of hydrogen-bond donors (Lipinski definition) is 0. The van der Waals surface area contributed by atoms with E-state index in [0.717, 1.165) is 43.4 Å². The second-order valence-corrected chi connectivity index (χ2v) is 7.99. The van der Waals surface area contributed by atoms with Crippen LogP contribution in [0.3, 0.4) is 0 Å². The molecule has 0 aromatic carbocycles. The molecule has 2 fully saturated rings. The van der Waals surface area contributed by atoms with Crippen molar-refractivity contribution in [3.63, 3.8) is 0 Å². The zero-order valence-electron chi connectivity index (χ0n) is 15.0. The molecule has 1 aliphatic carbocycles. The molecule has 3 heterocycles. The lowest BCUT2D eigenvalue weighted by Crippen LogP contribution is -2.19. The van der Waals surface area contributed by atoms with Gasteiger partial charge < -0.3 is 14.2 Å². The Morgan fingerprint density at radius 2 is 2.00 bits per heavy atom. The van der Waals surface area contributed by atoms with Crippen molar-refractivity contribution in [1.82, 2.24) is 0 Å². The molecule has 134 valence electrons.